The summed E-state index contributed by atoms with van der Waals surface area (Å²) in [6, 6.07) is 17.6. The van der Waals surface area contributed by atoms with Gasteiger partial charge in [0.15, 0.2) is 23.2 Å². The Kier molecular flexibility index (Phi) is 9.96. The van der Waals surface area contributed by atoms with Crippen molar-refractivity contribution in [3.8, 4) is 22.8 Å². The van der Waals surface area contributed by atoms with Crippen LogP contribution >= 0.6 is 34.5 Å². The van der Waals surface area contributed by atoms with E-state index in [4.69, 9.17) is 37.4 Å². The highest BCUT2D eigenvalue weighted by atomic mass is 35.5. The molecule has 0 saturated heterocycles. The predicted molar refractivity (Wildman–Crippen MR) is 157 cm³/mol. The fourth-order valence-electron chi connectivity index (χ4n) is 3.43. The van der Waals surface area contributed by atoms with Gasteiger partial charge in [0.1, 0.15) is 0 Å². The van der Waals surface area contributed by atoms with Gasteiger partial charge < -0.3 is 19.5 Å². The number of hydrogen-bond acceptors (Lipinski definition) is 9. The number of anilines is 2. The van der Waals surface area contributed by atoms with Crippen LogP contribution < -0.4 is 20.2 Å². The molecule has 206 valence electrons. The first-order valence-electron chi connectivity index (χ1n) is 11.9. The number of rotatable bonds is 11. The zero-order valence-corrected chi connectivity index (χ0v) is 23.8. The third-order valence-corrected chi connectivity index (χ3v) is 6.60. The molecule has 0 aliphatic heterocycles. The molecule has 4 aromatic rings. The van der Waals surface area contributed by atoms with Crippen LogP contribution in [0.5, 0.6) is 11.5 Å². The lowest BCUT2D eigenvalue weighted by Gasteiger charge is -2.12. The van der Waals surface area contributed by atoms with E-state index in [0.717, 1.165) is 22.1 Å². The van der Waals surface area contributed by atoms with E-state index >= 15 is 0 Å². The van der Waals surface area contributed by atoms with E-state index in [0.29, 0.717) is 21.9 Å². The first-order chi connectivity index (χ1) is 19.4. The van der Waals surface area contributed by atoms with Crippen LogP contribution in [-0.4, -0.2) is 43.4 Å². The van der Waals surface area contributed by atoms with E-state index in [-0.39, 0.29) is 24.0 Å². The van der Waals surface area contributed by atoms with Crippen LogP contribution in [0.4, 0.5) is 10.8 Å². The van der Waals surface area contributed by atoms with Gasteiger partial charge in [-0.3, -0.25) is 4.79 Å². The van der Waals surface area contributed by atoms with Crippen molar-refractivity contribution in [2.45, 2.75) is 6.92 Å². The maximum absolute atomic E-state index is 12.6. The van der Waals surface area contributed by atoms with Gasteiger partial charge in [0.25, 0.3) is 5.91 Å². The molecule has 9 nitrogen and oxygen atoms in total. The summed E-state index contributed by atoms with van der Waals surface area (Å²) in [5.74, 6) is -0.414. The lowest BCUT2D eigenvalue weighted by molar-refractivity contribution is -0.145. The Morgan fingerprint density at radius 2 is 1.82 bits per heavy atom. The van der Waals surface area contributed by atoms with E-state index in [1.807, 2.05) is 29.6 Å². The molecular weight excluding hydrogens is 575 g/mol. The molecule has 1 amide bonds. The summed E-state index contributed by atoms with van der Waals surface area (Å²) < 4.78 is 15.6. The molecule has 1 aromatic heterocycles. The Morgan fingerprint density at radius 3 is 2.52 bits per heavy atom. The molecule has 0 fully saturated rings. The second-order valence-electron chi connectivity index (χ2n) is 8.07. The van der Waals surface area contributed by atoms with Crippen LogP contribution in [0.15, 0.2) is 71.1 Å². The van der Waals surface area contributed by atoms with E-state index in [2.05, 4.69) is 20.8 Å². The number of nitrogens with zero attached hydrogens (tertiary/aromatic N) is 2. The minimum absolute atomic E-state index is 0.200. The molecule has 0 aliphatic carbocycles. The molecule has 0 spiro atoms. The molecule has 3 aromatic carbocycles. The highest BCUT2D eigenvalue weighted by Gasteiger charge is 2.14. The normalized spacial score (nSPS) is 10.8. The summed E-state index contributed by atoms with van der Waals surface area (Å²) in [5, 5.41) is 10.8. The van der Waals surface area contributed by atoms with Crippen molar-refractivity contribution < 1.29 is 23.8 Å². The smallest absolute Gasteiger partial charge is 0.344 e. The summed E-state index contributed by atoms with van der Waals surface area (Å²) >= 11 is 13.7. The van der Waals surface area contributed by atoms with Gasteiger partial charge in [-0.1, -0.05) is 35.3 Å². The maximum atomic E-state index is 12.6. The standard InChI is InChI=1S/C28H24Cl2N4O5S/c1-3-38-25(35)15-39-26-22(30)12-17(13-24(26)37-2)14-31-34-27(36)19-6-4-18(5-7-19)23-16-40-28(33-23)32-21-10-8-20(29)9-11-21/h4-14,16H,3,15H2,1-2H3,(H,32,33)(H,34,36)/b31-14-. The molecule has 0 saturated carbocycles. The van der Waals surface area contributed by atoms with Gasteiger partial charge in [0.2, 0.25) is 0 Å². The van der Waals surface area contributed by atoms with Crippen molar-refractivity contribution in [1.82, 2.24) is 10.4 Å². The topological polar surface area (TPSA) is 111 Å². The summed E-state index contributed by atoms with van der Waals surface area (Å²) in [6.45, 7) is 1.64. The number of aromatic nitrogens is 1. The number of hydrogen-bond donors (Lipinski definition) is 2. The summed E-state index contributed by atoms with van der Waals surface area (Å²) in [7, 11) is 1.44. The maximum Gasteiger partial charge on any atom is 0.344 e. The van der Waals surface area contributed by atoms with Crippen molar-refractivity contribution in [3.63, 3.8) is 0 Å². The van der Waals surface area contributed by atoms with Crippen LogP contribution in [0, 0.1) is 0 Å². The molecule has 0 unspecified atom stereocenters. The number of nitrogens with one attached hydrogen (secondary N) is 2. The van der Waals surface area contributed by atoms with Crippen LogP contribution in [-0.2, 0) is 9.53 Å². The number of amides is 1. The lowest BCUT2D eigenvalue weighted by atomic mass is 10.1. The summed E-state index contributed by atoms with van der Waals surface area (Å²) in [5.41, 5.74) is 6.00. The number of methoxy groups -OCH3 is 1. The van der Waals surface area contributed by atoms with E-state index in [1.165, 1.54) is 24.7 Å². The van der Waals surface area contributed by atoms with Gasteiger partial charge in [-0.2, -0.15) is 5.10 Å². The van der Waals surface area contributed by atoms with Crippen LogP contribution in [0.25, 0.3) is 11.3 Å². The van der Waals surface area contributed by atoms with Gasteiger partial charge in [-0.25, -0.2) is 15.2 Å². The third-order valence-electron chi connectivity index (χ3n) is 5.31. The number of halogens is 2. The Hall–Kier alpha value is -4.12. The summed E-state index contributed by atoms with van der Waals surface area (Å²) in [4.78, 5) is 28.8. The second-order valence-corrected chi connectivity index (χ2v) is 9.78. The Labute approximate surface area is 244 Å². The zero-order chi connectivity index (χ0) is 28.5. The lowest BCUT2D eigenvalue weighted by Crippen LogP contribution is -2.17. The average molecular weight is 599 g/mol. The van der Waals surface area contributed by atoms with Gasteiger partial charge in [-0.15, -0.1) is 11.3 Å². The zero-order valence-electron chi connectivity index (χ0n) is 21.4. The molecule has 4 rings (SSSR count). The highest BCUT2D eigenvalue weighted by Crippen LogP contribution is 2.36. The molecular formula is C28H24Cl2N4O5S. The van der Waals surface area contributed by atoms with Crippen molar-refractivity contribution in [2.75, 3.05) is 25.6 Å². The molecule has 2 N–H and O–H groups in total. The molecule has 40 heavy (non-hydrogen) atoms. The number of hydrazone groups is 1. The van der Waals surface area contributed by atoms with Gasteiger partial charge >= 0.3 is 5.97 Å². The average Bonchev–Trinajstić information content (AvgIpc) is 3.42. The fraction of sp³-hybridized carbons (Fsp3) is 0.143. The Morgan fingerprint density at radius 1 is 1.07 bits per heavy atom. The van der Waals surface area contributed by atoms with Crippen LogP contribution in [0.3, 0.4) is 0 Å². The number of carbonyl (C=O) groups excluding carboxylic acids is 2. The summed E-state index contributed by atoms with van der Waals surface area (Å²) in [6.07, 6.45) is 1.42. The first-order valence-corrected chi connectivity index (χ1v) is 13.6. The second kappa shape index (κ2) is 13.8. The van der Waals surface area contributed by atoms with E-state index in [1.54, 1.807) is 43.3 Å². The minimum Gasteiger partial charge on any atom is -0.493 e. The van der Waals surface area contributed by atoms with Crippen LogP contribution in [0.1, 0.15) is 22.8 Å². The number of benzene rings is 3. The number of thiazole rings is 1. The van der Waals surface area contributed by atoms with E-state index < -0.39 is 11.9 Å². The molecule has 0 radical (unpaired) electrons. The van der Waals surface area contributed by atoms with E-state index in [9.17, 15) is 9.59 Å². The van der Waals surface area contributed by atoms with Gasteiger partial charge in [-0.05, 0) is 61.0 Å². The van der Waals surface area contributed by atoms with Crippen molar-refractivity contribution in [2.24, 2.45) is 5.10 Å². The quantitative estimate of drug-likeness (QED) is 0.114. The van der Waals surface area contributed by atoms with Crippen LogP contribution in [0.2, 0.25) is 10.0 Å². The molecule has 0 bridgehead atoms. The van der Waals surface area contributed by atoms with Gasteiger partial charge in [0.05, 0.1) is 30.6 Å². The highest BCUT2D eigenvalue weighted by molar-refractivity contribution is 7.14. The molecule has 0 atom stereocenters. The monoisotopic (exact) mass is 598 g/mol. The number of esters is 1. The Bertz CT molecular complexity index is 1510. The number of carbonyl (C=O) groups is 2. The predicted octanol–water partition coefficient (Wildman–Crippen LogP) is 6.57. The van der Waals surface area contributed by atoms with Crippen molar-refractivity contribution in [1.29, 1.82) is 0 Å². The van der Waals surface area contributed by atoms with Gasteiger partial charge in [0, 0.05) is 27.2 Å². The first kappa shape index (κ1) is 28.9. The number of ether oxygens (including phenoxy) is 3. The molecule has 0 aliphatic rings. The molecule has 1 heterocycles. The largest absolute Gasteiger partial charge is 0.493 e. The third kappa shape index (κ3) is 7.72. The fourth-order valence-corrected chi connectivity index (χ4v) is 4.57. The minimum atomic E-state index is -0.524. The SMILES string of the molecule is CCOC(=O)COc1c(Cl)cc(/C=N\NC(=O)c2ccc(-c3csc(Nc4ccc(Cl)cc4)n3)cc2)cc1OC. The van der Waals surface area contributed by atoms with Crippen molar-refractivity contribution in [3.05, 3.63) is 87.2 Å². The van der Waals surface area contributed by atoms with Crippen molar-refractivity contribution >= 4 is 63.4 Å². The Balaban J connectivity index is 1.35. The molecule has 12 heteroatoms.